The van der Waals surface area contributed by atoms with Crippen molar-refractivity contribution in [1.82, 2.24) is 0 Å². The van der Waals surface area contributed by atoms with Gasteiger partial charge in [0.1, 0.15) is 0 Å². The second-order valence-electron chi connectivity index (χ2n) is 0. The van der Waals surface area contributed by atoms with E-state index < -0.39 is 0 Å². The Balaban J connectivity index is 0. The first-order valence-electron chi connectivity index (χ1n) is 0. The van der Waals surface area contributed by atoms with Crippen LogP contribution in [0.1, 0.15) is 7.43 Å². The molecule has 0 aromatic heterocycles. The predicted octanol–water partition coefficient (Wildman–Crippen LogP) is 0.103. The minimum atomic E-state index is 0. The molecule has 0 aliphatic rings. The van der Waals surface area contributed by atoms with Crippen molar-refractivity contribution in [2.75, 3.05) is 0 Å². The summed E-state index contributed by atoms with van der Waals surface area (Å²) in [6.45, 7) is 0. The molecule has 0 radical (unpaired) electrons. The number of hydrogen-bond acceptors (Lipinski definition) is 3. The van der Waals surface area contributed by atoms with E-state index in [0.717, 1.165) is 0 Å². The van der Waals surface area contributed by atoms with E-state index in [9.17, 15) is 0 Å². The van der Waals surface area contributed by atoms with Gasteiger partial charge in [-0.15, -0.1) is 0 Å². The molecule has 0 rings (SSSR count). The third-order valence-corrected chi connectivity index (χ3v) is 0. The Labute approximate surface area is 46.8 Å². The first-order valence-corrected chi connectivity index (χ1v) is 0. The van der Waals surface area contributed by atoms with Crippen LogP contribution in [-0.2, 0) is 22.4 Å². The van der Waals surface area contributed by atoms with Gasteiger partial charge in [-0.05, 0) is 0 Å². The molecule has 3 nitrogen and oxygen atoms in total. The first kappa shape index (κ1) is 312. The van der Waals surface area contributed by atoms with Crippen molar-refractivity contribution in [3.05, 3.63) is 0 Å². The number of rotatable bonds is 0. The van der Waals surface area contributed by atoms with Crippen LogP contribution in [0.5, 0.6) is 0 Å². The van der Waals surface area contributed by atoms with E-state index in [2.05, 4.69) is 0 Å². The molecule has 5 heavy (non-hydrogen) atoms. The van der Waals surface area contributed by atoms with Crippen molar-refractivity contribution in [1.29, 1.82) is 0 Å². The zero-order valence-electron chi connectivity index (χ0n) is 1.64. The molecule has 3 N–H and O–H groups in total. The van der Waals surface area contributed by atoms with Crippen molar-refractivity contribution in [3.8, 4) is 0 Å². The van der Waals surface area contributed by atoms with Crippen molar-refractivity contribution < 1.29 is 38.8 Å². The van der Waals surface area contributed by atoms with Crippen molar-refractivity contribution in [2.45, 2.75) is 7.43 Å². The van der Waals surface area contributed by atoms with E-state index in [1.165, 1.54) is 0 Å². The molecular weight excluding hydrogens is 257 g/mol. The Morgan fingerprint density at radius 1 is 0.600 bits per heavy atom. The summed E-state index contributed by atoms with van der Waals surface area (Å²) in [7, 11) is 0. The fraction of sp³-hybridized carbons (Fsp3) is 1.00. The first-order chi connectivity index (χ1) is 0. The van der Waals surface area contributed by atoms with Crippen LogP contribution in [0.15, 0.2) is 0 Å². The molecule has 0 aromatic carbocycles. The van der Waals surface area contributed by atoms with Gasteiger partial charge in [0.25, 0.3) is 0 Å². The second-order valence-corrected chi connectivity index (χ2v) is 0. The van der Waals surface area contributed by atoms with Gasteiger partial charge in [-0.25, -0.2) is 0 Å². The van der Waals surface area contributed by atoms with Crippen molar-refractivity contribution >= 4 is 0 Å². The van der Waals surface area contributed by atoms with Gasteiger partial charge in [-0.3, -0.25) is 0 Å². The maximum atomic E-state index is 0. The summed E-state index contributed by atoms with van der Waals surface area (Å²) in [5.74, 6) is 0. The molecule has 0 amide bonds. The molecule has 40 valence electrons. The van der Waals surface area contributed by atoms with Gasteiger partial charge in [-0.2, -0.15) is 0 Å². The maximum absolute atomic E-state index is 0. The molecule has 0 atom stereocenters. The van der Waals surface area contributed by atoms with Gasteiger partial charge in [-0.1, -0.05) is 7.43 Å². The monoisotopic (exact) mass is 264 g/mol. The Morgan fingerprint density at radius 3 is 0.600 bits per heavy atom. The van der Waals surface area contributed by atoms with Crippen LogP contribution in [0.25, 0.3) is 0 Å². The van der Waals surface area contributed by atoms with E-state index in [1.807, 2.05) is 0 Å². The molecule has 0 aliphatic carbocycles. The molecule has 0 spiro atoms. The van der Waals surface area contributed by atoms with E-state index in [0.29, 0.717) is 0 Å². The minimum Gasteiger partial charge on any atom is -0.870 e. The van der Waals surface area contributed by atoms with Gasteiger partial charge in [0.2, 0.25) is 0 Å². The zero-order valence-corrected chi connectivity index (χ0v) is 3.81. The minimum absolute atomic E-state index is 0. The zero-order chi connectivity index (χ0) is 0. The van der Waals surface area contributed by atoms with Crippen LogP contribution in [0.2, 0.25) is 0 Å². The molecule has 0 saturated heterocycles. The summed E-state index contributed by atoms with van der Waals surface area (Å²) in [5.41, 5.74) is 0. The summed E-state index contributed by atoms with van der Waals surface area (Å²) in [4.78, 5) is 0. The van der Waals surface area contributed by atoms with Crippen LogP contribution in [0.4, 0.5) is 0 Å². The predicted molar refractivity (Wildman–Crippen MR) is 12.5 cm³/mol. The van der Waals surface area contributed by atoms with Crippen molar-refractivity contribution in [3.63, 3.8) is 0 Å². The van der Waals surface area contributed by atoms with E-state index in [1.54, 1.807) is 0 Å². The van der Waals surface area contributed by atoms with Gasteiger partial charge >= 0.3 is 22.4 Å². The van der Waals surface area contributed by atoms with E-state index in [4.69, 9.17) is 0 Å². The molecule has 0 bridgehead atoms. The fourth-order valence-electron chi connectivity index (χ4n) is 0. The van der Waals surface area contributed by atoms with Gasteiger partial charge in [0.15, 0.2) is 0 Å². The Bertz CT molecular complexity index is 6.85. The summed E-state index contributed by atoms with van der Waals surface area (Å²) in [6.07, 6.45) is 0. The molecule has 0 saturated carbocycles. The van der Waals surface area contributed by atoms with Gasteiger partial charge in [0.05, 0.1) is 0 Å². The van der Waals surface area contributed by atoms with E-state index >= 15 is 0 Å². The SMILES string of the molecule is C.[Au+3].[OH-].[OH-].[OH-]. The largest absolute Gasteiger partial charge is 3.00 e. The van der Waals surface area contributed by atoms with E-state index in [-0.39, 0.29) is 46.2 Å². The number of hydrogen-bond donors (Lipinski definition) is 0. The summed E-state index contributed by atoms with van der Waals surface area (Å²) in [6, 6.07) is 0. The van der Waals surface area contributed by atoms with Crippen LogP contribution >= 0.6 is 0 Å². The summed E-state index contributed by atoms with van der Waals surface area (Å²) >= 11 is 0. The standard InChI is InChI=1S/CH4.Au.3H2O/h1H4;;3*1H2/q;+3;;;/p-3. The quantitative estimate of drug-likeness (QED) is 0.581. The third-order valence-electron chi connectivity index (χ3n) is 0. The topological polar surface area (TPSA) is 90.0 Å². The smallest absolute Gasteiger partial charge is 0.870 e. The Morgan fingerprint density at radius 2 is 0.600 bits per heavy atom. The average Bonchev–Trinajstić information content (AvgIpc) is 0. The summed E-state index contributed by atoms with van der Waals surface area (Å²) in [5, 5.41) is 0. The third kappa shape index (κ3) is 82.5. The van der Waals surface area contributed by atoms with Crippen LogP contribution < -0.4 is 0 Å². The van der Waals surface area contributed by atoms with Crippen LogP contribution in [-0.4, -0.2) is 16.4 Å². The molecule has 0 fully saturated rings. The molecule has 0 aliphatic heterocycles. The fourth-order valence-corrected chi connectivity index (χ4v) is 0. The van der Waals surface area contributed by atoms with Crippen molar-refractivity contribution in [2.24, 2.45) is 0 Å². The normalized spacial score (nSPS) is 0. The molecule has 0 aromatic rings. The molecular formula is CH7AuO3. The molecule has 4 heteroatoms. The summed E-state index contributed by atoms with van der Waals surface area (Å²) < 4.78 is 0. The van der Waals surface area contributed by atoms with Gasteiger partial charge < -0.3 is 16.4 Å². The maximum Gasteiger partial charge on any atom is 3.00 e. The average molecular weight is 264 g/mol. The Kier molecular flexibility index (Phi) is 9820. The molecule has 0 heterocycles. The van der Waals surface area contributed by atoms with Gasteiger partial charge in [0, 0.05) is 0 Å². The van der Waals surface area contributed by atoms with Crippen LogP contribution in [0.3, 0.4) is 0 Å². The Hall–Kier alpha value is 0.620. The second kappa shape index (κ2) is 157. The van der Waals surface area contributed by atoms with Crippen LogP contribution in [0, 0.1) is 0 Å². The molecule has 0 unspecified atom stereocenters.